The molecule has 0 aliphatic carbocycles. The Morgan fingerprint density at radius 3 is 2.26 bits per heavy atom. The zero-order valence-electron chi connectivity index (χ0n) is 11.2. The molecule has 0 aliphatic rings. The van der Waals surface area contributed by atoms with E-state index in [1.54, 1.807) is 7.05 Å². The van der Waals surface area contributed by atoms with Gasteiger partial charge in [-0.2, -0.15) is 0 Å². The molecule has 0 aliphatic heterocycles. The first-order chi connectivity index (χ1) is 9.15. The van der Waals surface area contributed by atoms with Gasteiger partial charge in [0.15, 0.2) is 10.2 Å². The molecule has 19 heavy (non-hydrogen) atoms. The van der Waals surface area contributed by atoms with Gasteiger partial charge in [0.1, 0.15) is 0 Å². The molecule has 0 saturated carbocycles. The molecule has 0 radical (unpaired) electrons. The number of unbranched alkanes of at least 4 members (excludes halogenated alkanes) is 1. The van der Waals surface area contributed by atoms with Crippen LogP contribution in [0, 0.1) is 0 Å². The zero-order valence-corrected chi connectivity index (χ0v) is 12.9. The molecule has 0 heterocycles. The van der Waals surface area contributed by atoms with Crippen molar-refractivity contribution >= 4 is 40.3 Å². The predicted molar refractivity (Wildman–Crippen MR) is 89.2 cm³/mol. The van der Waals surface area contributed by atoms with E-state index >= 15 is 0 Å². The Morgan fingerprint density at radius 1 is 1.05 bits per heavy atom. The molecule has 6 heteroatoms. The van der Waals surface area contributed by atoms with E-state index in [1.165, 1.54) is 18.4 Å². The number of hydrogen-bond donors (Lipinski definition) is 4. The average molecular weight is 296 g/mol. The molecule has 1 aromatic rings. The number of anilines is 1. The van der Waals surface area contributed by atoms with Crippen LogP contribution in [-0.4, -0.2) is 17.3 Å². The van der Waals surface area contributed by atoms with Crippen molar-refractivity contribution in [2.24, 2.45) is 0 Å². The number of hydrazine groups is 1. The second-order valence-corrected chi connectivity index (χ2v) is 4.90. The minimum atomic E-state index is 0.471. The van der Waals surface area contributed by atoms with E-state index in [9.17, 15) is 0 Å². The van der Waals surface area contributed by atoms with Gasteiger partial charge in [0.2, 0.25) is 0 Å². The Bertz CT molecular complexity index is 417. The number of benzene rings is 1. The van der Waals surface area contributed by atoms with Gasteiger partial charge in [0.05, 0.1) is 0 Å². The molecule has 0 amide bonds. The lowest BCUT2D eigenvalue weighted by atomic mass is 10.1. The lowest BCUT2D eigenvalue weighted by Gasteiger charge is -2.13. The molecule has 0 spiro atoms. The topological polar surface area (TPSA) is 48.1 Å². The molecule has 0 atom stereocenters. The highest BCUT2D eigenvalue weighted by molar-refractivity contribution is 7.80. The molecule has 4 nitrogen and oxygen atoms in total. The van der Waals surface area contributed by atoms with Gasteiger partial charge in [-0.25, -0.2) is 0 Å². The van der Waals surface area contributed by atoms with E-state index < -0.39 is 0 Å². The van der Waals surface area contributed by atoms with Crippen molar-refractivity contribution in [3.63, 3.8) is 0 Å². The van der Waals surface area contributed by atoms with Crippen LogP contribution in [0.3, 0.4) is 0 Å². The minimum Gasteiger partial charge on any atom is -0.364 e. The second-order valence-electron chi connectivity index (χ2n) is 4.08. The lowest BCUT2D eigenvalue weighted by Crippen LogP contribution is -2.47. The highest BCUT2D eigenvalue weighted by Gasteiger charge is 1.98. The Labute approximate surface area is 125 Å². The summed E-state index contributed by atoms with van der Waals surface area (Å²) in [4.78, 5) is 0. The van der Waals surface area contributed by atoms with Crippen LogP contribution in [0.1, 0.15) is 25.3 Å². The van der Waals surface area contributed by atoms with E-state index in [2.05, 4.69) is 40.5 Å². The number of aryl methyl sites for hydroxylation is 1. The standard InChI is InChI=1S/C13H20N4S2/c1-3-4-5-10-6-8-11(9-7-10)15-13(19)17-16-12(18)14-2/h6-9H,3-5H2,1-2H3,(H2,14,16,18)(H2,15,17,19). The van der Waals surface area contributed by atoms with Crippen LogP contribution in [0.5, 0.6) is 0 Å². The van der Waals surface area contributed by atoms with Crippen LogP contribution in [0.4, 0.5) is 5.69 Å². The van der Waals surface area contributed by atoms with E-state index in [-0.39, 0.29) is 0 Å². The maximum atomic E-state index is 5.13. The highest BCUT2D eigenvalue weighted by Crippen LogP contribution is 2.11. The average Bonchev–Trinajstić information content (AvgIpc) is 2.44. The van der Waals surface area contributed by atoms with Gasteiger partial charge >= 0.3 is 0 Å². The first-order valence-electron chi connectivity index (χ1n) is 6.29. The van der Waals surface area contributed by atoms with Crippen molar-refractivity contribution in [2.75, 3.05) is 12.4 Å². The van der Waals surface area contributed by atoms with Crippen molar-refractivity contribution < 1.29 is 0 Å². The third-order valence-electron chi connectivity index (χ3n) is 2.55. The summed E-state index contributed by atoms with van der Waals surface area (Å²) in [5.74, 6) is 0. The SMILES string of the molecule is CCCCc1ccc(NC(=S)NNC(=S)NC)cc1. The number of thiocarbonyl (C=S) groups is 2. The Balaban J connectivity index is 2.40. The molecular weight excluding hydrogens is 276 g/mol. The van der Waals surface area contributed by atoms with Crippen molar-refractivity contribution in [1.29, 1.82) is 0 Å². The van der Waals surface area contributed by atoms with Crippen molar-refractivity contribution in [2.45, 2.75) is 26.2 Å². The Hall–Kier alpha value is -1.40. The molecule has 0 unspecified atom stereocenters. The first kappa shape index (κ1) is 15.7. The molecule has 0 bridgehead atoms. The number of rotatable bonds is 4. The molecule has 1 aromatic carbocycles. The fourth-order valence-corrected chi connectivity index (χ4v) is 1.69. The fourth-order valence-electron chi connectivity index (χ4n) is 1.47. The van der Waals surface area contributed by atoms with Gasteiger partial charge in [-0.3, -0.25) is 10.9 Å². The molecule has 0 fully saturated rings. The zero-order chi connectivity index (χ0) is 14.1. The summed E-state index contributed by atoms with van der Waals surface area (Å²) < 4.78 is 0. The van der Waals surface area contributed by atoms with Crippen LogP contribution in [0.15, 0.2) is 24.3 Å². The predicted octanol–water partition coefficient (Wildman–Crippen LogP) is 2.32. The third kappa shape index (κ3) is 6.35. The van der Waals surface area contributed by atoms with Crippen LogP contribution in [-0.2, 0) is 6.42 Å². The number of nitrogens with one attached hydrogen (secondary N) is 4. The van der Waals surface area contributed by atoms with Gasteiger partial charge in [0, 0.05) is 12.7 Å². The first-order valence-corrected chi connectivity index (χ1v) is 7.11. The number of hydrogen-bond acceptors (Lipinski definition) is 2. The van der Waals surface area contributed by atoms with E-state index in [4.69, 9.17) is 24.4 Å². The normalized spacial score (nSPS) is 9.58. The van der Waals surface area contributed by atoms with Gasteiger partial charge in [-0.1, -0.05) is 25.5 Å². The summed E-state index contributed by atoms with van der Waals surface area (Å²) in [5, 5.41) is 6.81. The fraction of sp³-hybridized carbons (Fsp3) is 0.385. The lowest BCUT2D eigenvalue weighted by molar-refractivity contribution is 0.795. The Morgan fingerprint density at radius 2 is 1.68 bits per heavy atom. The smallest absolute Gasteiger partial charge is 0.189 e. The van der Waals surface area contributed by atoms with E-state index in [1.807, 2.05) is 12.1 Å². The van der Waals surface area contributed by atoms with Crippen LogP contribution >= 0.6 is 24.4 Å². The highest BCUT2D eigenvalue weighted by atomic mass is 32.1. The monoisotopic (exact) mass is 296 g/mol. The molecule has 1 rings (SSSR count). The second kappa shape index (κ2) is 8.66. The van der Waals surface area contributed by atoms with E-state index in [0.717, 1.165) is 12.1 Å². The summed E-state index contributed by atoms with van der Waals surface area (Å²) in [5.41, 5.74) is 7.86. The largest absolute Gasteiger partial charge is 0.364 e. The van der Waals surface area contributed by atoms with Gasteiger partial charge < -0.3 is 10.6 Å². The molecule has 4 N–H and O–H groups in total. The quantitative estimate of drug-likeness (QED) is 0.505. The summed E-state index contributed by atoms with van der Waals surface area (Å²) in [6.45, 7) is 2.20. The van der Waals surface area contributed by atoms with Crippen molar-refractivity contribution in [3.05, 3.63) is 29.8 Å². The summed E-state index contributed by atoms with van der Waals surface area (Å²) in [6.07, 6.45) is 3.56. The van der Waals surface area contributed by atoms with Crippen molar-refractivity contribution in [3.8, 4) is 0 Å². The maximum Gasteiger partial charge on any atom is 0.189 e. The van der Waals surface area contributed by atoms with Crippen LogP contribution in [0.2, 0.25) is 0 Å². The maximum absolute atomic E-state index is 5.13. The summed E-state index contributed by atoms with van der Waals surface area (Å²) >= 11 is 10.1. The summed E-state index contributed by atoms with van der Waals surface area (Å²) in [6, 6.07) is 8.28. The molecular formula is C13H20N4S2. The Kier molecular flexibility index (Phi) is 7.14. The van der Waals surface area contributed by atoms with E-state index in [0.29, 0.717) is 10.2 Å². The van der Waals surface area contributed by atoms with Gasteiger partial charge in [-0.05, 0) is 55.0 Å². The van der Waals surface area contributed by atoms with Gasteiger partial charge in [0.25, 0.3) is 0 Å². The molecule has 0 saturated heterocycles. The third-order valence-corrected chi connectivity index (χ3v) is 3.06. The molecule has 104 valence electrons. The summed E-state index contributed by atoms with van der Waals surface area (Å²) in [7, 11) is 1.74. The van der Waals surface area contributed by atoms with Gasteiger partial charge in [-0.15, -0.1) is 0 Å². The molecule has 0 aromatic heterocycles. The van der Waals surface area contributed by atoms with Crippen LogP contribution < -0.4 is 21.5 Å². The minimum absolute atomic E-state index is 0.471. The van der Waals surface area contributed by atoms with Crippen molar-refractivity contribution in [1.82, 2.24) is 16.2 Å². The van der Waals surface area contributed by atoms with Crippen LogP contribution in [0.25, 0.3) is 0 Å².